The zero-order chi connectivity index (χ0) is 13.3. The minimum absolute atomic E-state index is 0.0374. The Morgan fingerprint density at radius 1 is 1.33 bits per heavy atom. The molecule has 1 amide bonds. The van der Waals surface area contributed by atoms with Crippen molar-refractivity contribution in [3.05, 3.63) is 0 Å². The van der Waals surface area contributed by atoms with Gasteiger partial charge in [0.05, 0.1) is 0 Å². The van der Waals surface area contributed by atoms with Crippen molar-refractivity contribution >= 4 is 5.91 Å². The number of nitrogens with zero attached hydrogens (tertiary/aromatic N) is 2. The van der Waals surface area contributed by atoms with E-state index in [1.165, 1.54) is 12.8 Å². The average molecular weight is 253 g/mol. The molecule has 2 N–H and O–H groups in total. The highest BCUT2D eigenvalue weighted by atomic mass is 16.2. The van der Waals surface area contributed by atoms with Crippen LogP contribution in [0.1, 0.15) is 46.0 Å². The lowest BCUT2D eigenvalue weighted by Crippen LogP contribution is -2.56. The number of nitrogens with two attached hydrogens (primary N) is 1. The van der Waals surface area contributed by atoms with Gasteiger partial charge in [0.15, 0.2) is 0 Å². The molecule has 1 saturated carbocycles. The van der Waals surface area contributed by atoms with Gasteiger partial charge in [0, 0.05) is 24.7 Å². The number of rotatable bonds is 2. The molecule has 0 spiro atoms. The normalized spacial score (nSPS) is 30.8. The van der Waals surface area contributed by atoms with Crippen molar-refractivity contribution in [3.8, 4) is 0 Å². The van der Waals surface area contributed by atoms with E-state index in [0.717, 1.165) is 25.8 Å². The first-order valence-electron chi connectivity index (χ1n) is 7.21. The predicted molar refractivity (Wildman–Crippen MR) is 73.3 cm³/mol. The van der Waals surface area contributed by atoms with Crippen molar-refractivity contribution in [3.63, 3.8) is 0 Å². The summed E-state index contributed by atoms with van der Waals surface area (Å²) in [6, 6.07) is 0.306. The van der Waals surface area contributed by atoms with E-state index in [0.29, 0.717) is 12.6 Å². The molecule has 4 heteroatoms. The van der Waals surface area contributed by atoms with Crippen LogP contribution in [0.3, 0.4) is 0 Å². The lowest BCUT2D eigenvalue weighted by Gasteiger charge is -2.42. The van der Waals surface area contributed by atoms with E-state index in [1.54, 1.807) is 0 Å². The lowest BCUT2D eigenvalue weighted by molar-refractivity contribution is -0.142. The smallest absolute Gasteiger partial charge is 0.241 e. The maximum atomic E-state index is 12.8. The first-order chi connectivity index (χ1) is 8.47. The van der Waals surface area contributed by atoms with E-state index in [-0.39, 0.29) is 17.5 Å². The van der Waals surface area contributed by atoms with Crippen LogP contribution < -0.4 is 5.73 Å². The topological polar surface area (TPSA) is 49.6 Å². The summed E-state index contributed by atoms with van der Waals surface area (Å²) in [5.74, 6) is 0.245. The van der Waals surface area contributed by atoms with Crippen LogP contribution in [-0.4, -0.2) is 53.5 Å². The Morgan fingerprint density at radius 2 is 1.94 bits per heavy atom. The third-order valence-corrected chi connectivity index (χ3v) is 4.70. The molecule has 0 radical (unpaired) electrons. The molecular formula is C14H27N3O. The second-order valence-corrected chi connectivity index (χ2v) is 6.44. The molecule has 1 unspecified atom stereocenters. The molecule has 0 bridgehead atoms. The Hall–Kier alpha value is -0.610. The summed E-state index contributed by atoms with van der Waals surface area (Å²) in [7, 11) is 2.02. The summed E-state index contributed by atoms with van der Waals surface area (Å²) < 4.78 is 0. The molecule has 1 aliphatic carbocycles. The molecule has 0 aromatic heterocycles. The highest BCUT2D eigenvalue weighted by Crippen LogP contribution is 2.33. The Balaban J connectivity index is 2.28. The van der Waals surface area contributed by atoms with Gasteiger partial charge in [-0.1, -0.05) is 12.8 Å². The molecule has 4 nitrogen and oxygen atoms in total. The van der Waals surface area contributed by atoms with Gasteiger partial charge in [0.1, 0.15) is 6.04 Å². The summed E-state index contributed by atoms with van der Waals surface area (Å²) in [5, 5.41) is 0. The summed E-state index contributed by atoms with van der Waals surface area (Å²) in [4.78, 5) is 17.1. The van der Waals surface area contributed by atoms with E-state index < -0.39 is 0 Å². The second kappa shape index (κ2) is 5.17. The van der Waals surface area contributed by atoms with Crippen LogP contribution in [0.2, 0.25) is 0 Å². The lowest BCUT2D eigenvalue weighted by atomic mass is 9.95. The number of hydrogen-bond acceptors (Lipinski definition) is 3. The summed E-state index contributed by atoms with van der Waals surface area (Å²) in [6.07, 6.45) is 5.87. The fourth-order valence-electron chi connectivity index (χ4n) is 3.49. The van der Waals surface area contributed by atoms with Crippen LogP contribution in [0, 0.1) is 0 Å². The molecular weight excluding hydrogens is 226 g/mol. The monoisotopic (exact) mass is 253 g/mol. The van der Waals surface area contributed by atoms with Crippen molar-refractivity contribution < 1.29 is 4.79 Å². The molecule has 2 aliphatic rings. The van der Waals surface area contributed by atoms with Gasteiger partial charge in [0.25, 0.3) is 0 Å². The van der Waals surface area contributed by atoms with Crippen LogP contribution in [0.25, 0.3) is 0 Å². The third-order valence-electron chi connectivity index (χ3n) is 4.70. The minimum atomic E-state index is -0.132. The van der Waals surface area contributed by atoms with Gasteiger partial charge < -0.3 is 10.6 Å². The molecule has 18 heavy (non-hydrogen) atoms. The van der Waals surface area contributed by atoms with Crippen molar-refractivity contribution in [2.24, 2.45) is 5.73 Å². The predicted octanol–water partition coefficient (Wildman–Crippen LogP) is 1.20. The van der Waals surface area contributed by atoms with Crippen molar-refractivity contribution in [1.82, 2.24) is 9.80 Å². The summed E-state index contributed by atoms with van der Waals surface area (Å²) in [6.45, 7) is 5.78. The Labute approximate surface area is 110 Å². The highest BCUT2D eigenvalue weighted by molar-refractivity contribution is 5.83. The van der Waals surface area contributed by atoms with Gasteiger partial charge in [-0.2, -0.15) is 0 Å². The Bertz CT molecular complexity index is 310. The molecule has 2 fully saturated rings. The van der Waals surface area contributed by atoms with Crippen LogP contribution >= 0.6 is 0 Å². The molecule has 1 atom stereocenters. The zero-order valence-electron chi connectivity index (χ0n) is 12.0. The first-order valence-corrected chi connectivity index (χ1v) is 7.21. The van der Waals surface area contributed by atoms with Gasteiger partial charge in [-0.05, 0) is 40.2 Å². The fourth-order valence-corrected chi connectivity index (χ4v) is 3.49. The van der Waals surface area contributed by atoms with Gasteiger partial charge >= 0.3 is 0 Å². The van der Waals surface area contributed by atoms with E-state index >= 15 is 0 Å². The summed E-state index contributed by atoms with van der Waals surface area (Å²) >= 11 is 0. The summed E-state index contributed by atoms with van der Waals surface area (Å²) in [5.41, 5.74) is 5.78. The van der Waals surface area contributed by atoms with Gasteiger partial charge in [-0.3, -0.25) is 9.69 Å². The molecule has 2 rings (SSSR count). The zero-order valence-corrected chi connectivity index (χ0v) is 12.0. The number of likely N-dealkylation sites (N-methyl/N-ethyl adjacent to an activating group) is 1. The van der Waals surface area contributed by atoms with Crippen molar-refractivity contribution in [2.45, 2.75) is 63.6 Å². The molecule has 1 aliphatic heterocycles. The van der Waals surface area contributed by atoms with E-state index in [4.69, 9.17) is 5.73 Å². The van der Waals surface area contributed by atoms with Crippen LogP contribution in [0.4, 0.5) is 0 Å². The molecule has 1 heterocycles. The van der Waals surface area contributed by atoms with E-state index in [1.807, 2.05) is 7.05 Å². The Kier molecular flexibility index (Phi) is 3.97. The molecule has 104 valence electrons. The standard InChI is InChI=1S/C14H27N3O/c1-14(2)8-9-16(3)12(10-15)13(18)17(14)11-6-4-5-7-11/h11-12H,4-10,15H2,1-3H3. The van der Waals surface area contributed by atoms with Gasteiger partial charge in [-0.15, -0.1) is 0 Å². The average Bonchev–Trinajstić information content (AvgIpc) is 2.78. The van der Waals surface area contributed by atoms with Gasteiger partial charge in [0.2, 0.25) is 5.91 Å². The van der Waals surface area contributed by atoms with E-state index in [2.05, 4.69) is 23.6 Å². The molecule has 0 aromatic carbocycles. The number of hydrogen-bond donors (Lipinski definition) is 1. The third kappa shape index (κ3) is 2.41. The minimum Gasteiger partial charge on any atom is -0.333 e. The largest absolute Gasteiger partial charge is 0.333 e. The Morgan fingerprint density at radius 3 is 2.50 bits per heavy atom. The molecule has 1 saturated heterocycles. The SMILES string of the molecule is CN1CCC(C)(C)N(C2CCCC2)C(=O)C1CN. The number of amides is 1. The number of carbonyl (C=O) groups is 1. The number of carbonyl (C=O) groups excluding carboxylic acids is 1. The van der Waals surface area contributed by atoms with E-state index in [9.17, 15) is 4.79 Å². The maximum absolute atomic E-state index is 12.8. The highest BCUT2D eigenvalue weighted by Gasteiger charge is 2.43. The van der Waals surface area contributed by atoms with Gasteiger partial charge in [-0.25, -0.2) is 0 Å². The van der Waals surface area contributed by atoms with Crippen LogP contribution in [-0.2, 0) is 4.79 Å². The second-order valence-electron chi connectivity index (χ2n) is 6.44. The van der Waals surface area contributed by atoms with Crippen LogP contribution in [0.5, 0.6) is 0 Å². The van der Waals surface area contributed by atoms with Crippen molar-refractivity contribution in [1.29, 1.82) is 0 Å². The first kappa shape index (κ1) is 13.8. The van der Waals surface area contributed by atoms with Crippen molar-refractivity contribution in [2.75, 3.05) is 20.1 Å². The quantitative estimate of drug-likeness (QED) is 0.804. The van der Waals surface area contributed by atoms with Crippen LogP contribution in [0.15, 0.2) is 0 Å². The fraction of sp³-hybridized carbons (Fsp3) is 0.929. The maximum Gasteiger partial charge on any atom is 0.241 e. The molecule has 0 aromatic rings.